The maximum absolute atomic E-state index is 12.9. The highest BCUT2D eigenvalue weighted by atomic mass is 35.5. The number of amides is 1. The molecule has 2 unspecified atom stereocenters. The fourth-order valence-electron chi connectivity index (χ4n) is 2.79. The second-order valence-corrected chi connectivity index (χ2v) is 8.33. The first-order valence-corrected chi connectivity index (χ1v) is 10.1. The molecule has 3 aromatic carbocycles. The topological polar surface area (TPSA) is 29.1 Å². The summed E-state index contributed by atoms with van der Waals surface area (Å²) in [7, 11) is 0. The Hall–Kier alpha value is -2.23. The molecule has 0 aromatic heterocycles. The molecule has 3 rings (SSSR count). The van der Waals surface area contributed by atoms with Crippen molar-refractivity contribution in [3.63, 3.8) is 0 Å². The van der Waals surface area contributed by atoms with E-state index in [9.17, 15) is 4.79 Å². The van der Waals surface area contributed by atoms with Crippen LogP contribution in [0.4, 0.5) is 0 Å². The Balaban J connectivity index is 1.77. The lowest BCUT2D eigenvalue weighted by atomic mass is 9.97. The maximum atomic E-state index is 12.9. The van der Waals surface area contributed by atoms with Crippen LogP contribution in [0.2, 0.25) is 5.02 Å². The van der Waals surface area contributed by atoms with Gasteiger partial charge in [0, 0.05) is 9.92 Å². The van der Waals surface area contributed by atoms with Gasteiger partial charge in [-0.15, -0.1) is 11.8 Å². The second kappa shape index (κ2) is 9.12. The van der Waals surface area contributed by atoms with Crippen LogP contribution < -0.4 is 5.32 Å². The number of hydrogen-bond donors (Lipinski definition) is 1. The Morgan fingerprint density at radius 1 is 0.889 bits per heavy atom. The Labute approximate surface area is 170 Å². The standard InChI is InChI=1S/C23H22ClNOS/c1-16-8-10-19(11-9-16)22(18-6-4-3-5-7-18)25-23(26)17(2)27-21-14-12-20(24)13-15-21/h3-15,17,22H,1-2H3,(H,25,26). The number of halogens is 1. The Morgan fingerprint density at radius 3 is 2.11 bits per heavy atom. The smallest absolute Gasteiger partial charge is 0.233 e. The SMILES string of the molecule is Cc1ccc(C(NC(=O)C(C)Sc2ccc(Cl)cc2)c2ccccc2)cc1. The summed E-state index contributed by atoms with van der Waals surface area (Å²) in [5, 5.41) is 3.69. The lowest BCUT2D eigenvalue weighted by Crippen LogP contribution is -2.34. The van der Waals surface area contributed by atoms with E-state index in [0.29, 0.717) is 5.02 Å². The summed E-state index contributed by atoms with van der Waals surface area (Å²) in [6, 6.07) is 25.7. The minimum absolute atomic E-state index is 0.00405. The average Bonchev–Trinajstić information content (AvgIpc) is 2.69. The van der Waals surface area contributed by atoms with Gasteiger partial charge in [0.1, 0.15) is 0 Å². The van der Waals surface area contributed by atoms with Crippen LogP contribution in [0.5, 0.6) is 0 Å². The minimum Gasteiger partial charge on any atom is -0.344 e. The lowest BCUT2D eigenvalue weighted by molar-refractivity contribution is -0.120. The first kappa shape index (κ1) is 19.5. The van der Waals surface area contributed by atoms with Gasteiger partial charge in [-0.3, -0.25) is 4.79 Å². The van der Waals surface area contributed by atoms with Gasteiger partial charge in [-0.1, -0.05) is 71.8 Å². The highest BCUT2D eigenvalue weighted by Crippen LogP contribution is 2.27. The number of carbonyl (C=O) groups excluding carboxylic acids is 1. The number of nitrogens with one attached hydrogen (secondary N) is 1. The summed E-state index contributed by atoms with van der Waals surface area (Å²) in [4.78, 5) is 13.9. The highest BCUT2D eigenvalue weighted by molar-refractivity contribution is 8.00. The normalized spacial score (nSPS) is 13.0. The summed E-state index contributed by atoms with van der Waals surface area (Å²) in [5.41, 5.74) is 3.34. The molecule has 2 nitrogen and oxygen atoms in total. The zero-order chi connectivity index (χ0) is 19.2. The zero-order valence-electron chi connectivity index (χ0n) is 15.4. The van der Waals surface area contributed by atoms with Gasteiger partial charge in [0.05, 0.1) is 11.3 Å². The third-order valence-electron chi connectivity index (χ3n) is 4.33. The predicted octanol–water partition coefficient (Wildman–Crippen LogP) is 6.03. The summed E-state index contributed by atoms with van der Waals surface area (Å²) in [6.45, 7) is 3.98. The molecular weight excluding hydrogens is 374 g/mol. The molecular formula is C23H22ClNOS. The molecule has 0 radical (unpaired) electrons. The van der Waals surface area contributed by atoms with E-state index in [2.05, 4.69) is 36.5 Å². The first-order valence-electron chi connectivity index (χ1n) is 8.87. The Morgan fingerprint density at radius 2 is 1.48 bits per heavy atom. The van der Waals surface area contributed by atoms with Gasteiger partial charge in [0.15, 0.2) is 0 Å². The van der Waals surface area contributed by atoms with Gasteiger partial charge in [0.25, 0.3) is 0 Å². The van der Waals surface area contributed by atoms with Crippen LogP contribution in [0.1, 0.15) is 29.7 Å². The quantitative estimate of drug-likeness (QED) is 0.516. The largest absolute Gasteiger partial charge is 0.344 e. The lowest BCUT2D eigenvalue weighted by Gasteiger charge is -2.22. The van der Waals surface area contributed by atoms with Crippen LogP contribution in [0.25, 0.3) is 0 Å². The summed E-state index contributed by atoms with van der Waals surface area (Å²) in [6.07, 6.45) is 0. The van der Waals surface area contributed by atoms with E-state index in [0.717, 1.165) is 16.0 Å². The van der Waals surface area contributed by atoms with E-state index in [1.165, 1.54) is 17.3 Å². The van der Waals surface area contributed by atoms with Gasteiger partial charge in [-0.05, 0) is 49.2 Å². The van der Waals surface area contributed by atoms with E-state index < -0.39 is 0 Å². The Bertz CT molecular complexity index is 879. The fourth-order valence-corrected chi connectivity index (χ4v) is 3.80. The molecule has 0 spiro atoms. The number of carbonyl (C=O) groups is 1. The van der Waals surface area contributed by atoms with Crippen LogP contribution in [0.15, 0.2) is 83.8 Å². The van der Waals surface area contributed by atoms with Crippen LogP contribution in [0, 0.1) is 6.92 Å². The van der Waals surface area contributed by atoms with Crippen LogP contribution in [0.3, 0.4) is 0 Å². The predicted molar refractivity (Wildman–Crippen MR) is 114 cm³/mol. The molecule has 0 saturated heterocycles. The number of thioether (sulfide) groups is 1. The molecule has 27 heavy (non-hydrogen) atoms. The van der Waals surface area contributed by atoms with Gasteiger partial charge in [-0.25, -0.2) is 0 Å². The van der Waals surface area contributed by atoms with Crippen molar-refractivity contribution < 1.29 is 4.79 Å². The molecule has 3 aromatic rings. The van der Waals surface area contributed by atoms with Crippen molar-refractivity contribution in [1.82, 2.24) is 5.32 Å². The molecule has 0 fully saturated rings. The van der Waals surface area contributed by atoms with E-state index in [-0.39, 0.29) is 17.2 Å². The fraction of sp³-hybridized carbons (Fsp3) is 0.174. The van der Waals surface area contributed by atoms with Crippen molar-refractivity contribution in [3.8, 4) is 0 Å². The summed E-state index contributed by atoms with van der Waals surface area (Å²) < 4.78 is 0. The van der Waals surface area contributed by atoms with Crippen molar-refractivity contribution in [1.29, 1.82) is 0 Å². The molecule has 0 aliphatic heterocycles. The highest BCUT2D eigenvalue weighted by Gasteiger charge is 2.21. The Kier molecular flexibility index (Phi) is 6.59. The number of benzene rings is 3. The molecule has 1 amide bonds. The molecule has 4 heteroatoms. The van der Waals surface area contributed by atoms with Crippen molar-refractivity contribution in [3.05, 3.63) is 101 Å². The van der Waals surface area contributed by atoms with Crippen molar-refractivity contribution in [2.24, 2.45) is 0 Å². The van der Waals surface area contributed by atoms with Crippen LogP contribution in [-0.4, -0.2) is 11.2 Å². The number of rotatable bonds is 6. The van der Waals surface area contributed by atoms with Gasteiger partial charge < -0.3 is 5.32 Å². The molecule has 0 bridgehead atoms. The third-order valence-corrected chi connectivity index (χ3v) is 5.69. The molecule has 0 aliphatic rings. The molecule has 2 atom stereocenters. The molecule has 138 valence electrons. The summed E-state index contributed by atoms with van der Waals surface area (Å²) in [5.74, 6) is 0.00405. The van der Waals surface area contributed by atoms with Gasteiger partial charge in [0.2, 0.25) is 5.91 Å². The van der Waals surface area contributed by atoms with E-state index in [4.69, 9.17) is 11.6 Å². The molecule has 0 saturated carbocycles. The number of hydrogen-bond acceptors (Lipinski definition) is 2. The minimum atomic E-state index is -0.220. The van der Waals surface area contributed by atoms with Crippen molar-refractivity contribution in [2.45, 2.75) is 30.0 Å². The van der Waals surface area contributed by atoms with Gasteiger partial charge in [-0.2, -0.15) is 0 Å². The van der Waals surface area contributed by atoms with E-state index >= 15 is 0 Å². The van der Waals surface area contributed by atoms with Crippen molar-refractivity contribution in [2.75, 3.05) is 0 Å². The van der Waals surface area contributed by atoms with Crippen molar-refractivity contribution >= 4 is 29.3 Å². The van der Waals surface area contributed by atoms with Crippen LogP contribution in [-0.2, 0) is 4.79 Å². The molecule has 0 heterocycles. The average molecular weight is 396 g/mol. The van der Waals surface area contributed by atoms with E-state index in [1.54, 1.807) is 0 Å². The number of aryl methyl sites for hydroxylation is 1. The summed E-state index contributed by atoms with van der Waals surface area (Å²) >= 11 is 7.46. The maximum Gasteiger partial charge on any atom is 0.233 e. The molecule has 0 aliphatic carbocycles. The van der Waals surface area contributed by atoms with Crippen LogP contribution >= 0.6 is 23.4 Å². The molecule has 1 N–H and O–H groups in total. The first-order chi connectivity index (χ1) is 13.0. The van der Waals surface area contributed by atoms with E-state index in [1.807, 2.05) is 61.5 Å². The zero-order valence-corrected chi connectivity index (χ0v) is 16.9. The monoisotopic (exact) mass is 395 g/mol. The third kappa shape index (κ3) is 5.38. The second-order valence-electron chi connectivity index (χ2n) is 6.48. The van der Waals surface area contributed by atoms with Gasteiger partial charge >= 0.3 is 0 Å².